The van der Waals surface area contributed by atoms with E-state index in [1.165, 1.54) is 59.2 Å². The Morgan fingerprint density at radius 2 is 0.607 bits per heavy atom. The van der Waals surface area contributed by atoms with Crippen LogP contribution in [0, 0.1) is 59.2 Å². The molecule has 3 heteroatoms. The predicted octanol–water partition coefficient (Wildman–Crippen LogP) is 6.64. The number of hydrogen-bond donors (Lipinski definition) is 0. The molecule has 0 saturated heterocycles. The molecule has 0 bridgehead atoms. The Bertz CT molecular complexity index is 364. The van der Waals surface area contributed by atoms with E-state index in [-0.39, 0.29) is 0 Å². The van der Waals surface area contributed by atoms with Gasteiger partial charge < -0.3 is 0 Å². The van der Waals surface area contributed by atoms with Crippen LogP contribution in [0.1, 0.15) is 69.2 Å². The Morgan fingerprint density at radius 3 is 0.679 bits per heavy atom. The van der Waals surface area contributed by atoms with E-state index in [2.05, 4.69) is 74.2 Å². The SMILES string of the molecule is C[C]1[C](C)[C](C)[C](C)[C]1C.C[C]1[C](C)[C](C)[C](C)[C]1C.[Zr]=[Te].c1ccncc1. The maximum atomic E-state index is 3.78. The molecule has 10 radical (unpaired) electrons. The van der Waals surface area contributed by atoms with Crippen molar-refractivity contribution in [3.63, 3.8) is 0 Å². The maximum absolute atomic E-state index is 3.78. The van der Waals surface area contributed by atoms with Crippen molar-refractivity contribution in [1.29, 1.82) is 0 Å². The summed E-state index contributed by atoms with van der Waals surface area (Å²) in [4.78, 5) is 3.78. The molecule has 0 amide bonds. The number of aromatic nitrogens is 1. The van der Waals surface area contributed by atoms with E-state index < -0.39 is 0 Å². The normalized spacial score (nSPS) is 22.2. The quantitative estimate of drug-likeness (QED) is 0.320. The fourth-order valence-corrected chi connectivity index (χ4v) is 3.13. The zero-order chi connectivity index (χ0) is 22.0. The Labute approximate surface area is 199 Å². The summed E-state index contributed by atoms with van der Waals surface area (Å²) >= 11 is 3.60. The van der Waals surface area contributed by atoms with Crippen LogP contribution in [-0.2, 0) is 20.0 Å². The van der Waals surface area contributed by atoms with Crippen molar-refractivity contribution in [2.75, 3.05) is 0 Å². The average Bonchev–Trinajstić information content (AvgIpc) is 3.02. The first kappa shape index (κ1) is 28.8. The van der Waals surface area contributed by atoms with Gasteiger partial charge >= 0.3 is 37.1 Å². The summed E-state index contributed by atoms with van der Waals surface area (Å²) in [6.07, 6.45) is 3.50. The first-order valence-corrected chi connectivity index (χ1v) is 17.5. The molecule has 150 valence electrons. The second kappa shape index (κ2) is 14.8. The van der Waals surface area contributed by atoms with Crippen LogP contribution in [0.3, 0.4) is 0 Å². The molecule has 2 fully saturated rings. The van der Waals surface area contributed by atoms with Crippen molar-refractivity contribution in [2.45, 2.75) is 69.2 Å². The third kappa shape index (κ3) is 8.16. The first-order valence-electron chi connectivity index (χ1n) is 9.55. The van der Waals surface area contributed by atoms with Gasteiger partial charge in [-0.25, -0.2) is 0 Å². The number of rotatable bonds is 0. The summed E-state index contributed by atoms with van der Waals surface area (Å²) in [7, 11) is 0. The Morgan fingerprint density at radius 1 is 0.429 bits per heavy atom. The van der Waals surface area contributed by atoms with Crippen LogP contribution in [0.2, 0.25) is 0 Å². The monoisotopic (exact) mass is 569 g/mol. The summed E-state index contributed by atoms with van der Waals surface area (Å²) < 4.78 is 0. The minimum absolute atomic E-state index is 1.47. The second-order valence-electron chi connectivity index (χ2n) is 7.27. The molecule has 0 spiro atoms. The first-order chi connectivity index (χ1) is 13.1. The summed E-state index contributed by atoms with van der Waals surface area (Å²) in [5.74, 6) is 14.7. The smallest absolute Gasteiger partial charge is 0.0267 e. The molecule has 1 aromatic heterocycles. The second-order valence-corrected chi connectivity index (χ2v) is 7.27. The van der Waals surface area contributed by atoms with Crippen LogP contribution in [0.5, 0.6) is 0 Å². The summed E-state index contributed by atoms with van der Waals surface area (Å²) in [5, 5.41) is 0. The summed E-state index contributed by atoms with van der Waals surface area (Å²) in [6, 6.07) is 5.72. The van der Waals surface area contributed by atoms with Gasteiger partial charge in [0.05, 0.1) is 0 Å². The molecule has 2 aliphatic rings. The van der Waals surface area contributed by atoms with E-state index in [9.17, 15) is 0 Å². The van der Waals surface area contributed by atoms with Gasteiger partial charge in [0.25, 0.3) is 0 Å². The number of nitrogens with zero attached hydrogens (tertiary/aromatic N) is 1. The van der Waals surface area contributed by atoms with Gasteiger partial charge in [0.1, 0.15) is 0 Å². The molecule has 0 aromatic carbocycles. The van der Waals surface area contributed by atoms with E-state index in [0.29, 0.717) is 0 Å². The fourth-order valence-electron chi connectivity index (χ4n) is 3.13. The van der Waals surface area contributed by atoms with E-state index in [1.54, 1.807) is 32.4 Å². The molecule has 1 aromatic rings. The standard InChI is InChI=1S/2C10H15.C5H5N.Te.Zr/c2*1-6-7(2)9(4)10(5)8(6)3;1-2-4-6-5-3-1;;/h2*1-5H3;1-5H;;. The average molecular weight is 568 g/mol. The van der Waals surface area contributed by atoms with Crippen molar-refractivity contribution < 1.29 is 20.0 Å². The van der Waals surface area contributed by atoms with Crippen LogP contribution < -0.4 is 0 Å². The minimum atomic E-state index is 1.47. The van der Waals surface area contributed by atoms with Crippen LogP contribution in [0.4, 0.5) is 0 Å². The van der Waals surface area contributed by atoms with Gasteiger partial charge in [0, 0.05) is 12.4 Å². The fraction of sp³-hybridized carbons (Fsp3) is 0.400. The van der Waals surface area contributed by atoms with Crippen LogP contribution in [0.25, 0.3) is 0 Å². The molecule has 1 heterocycles. The van der Waals surface area contributed by atoms with Gasteiger partial charge in [-0.3, -0.25) is 4.98 Å². The molecule has 28 heavy (non-hydrogen) atoms. The minimum Gasteiger partial charge on any atom is -0.265 e. The molecular formula is C25H35NTeZr. The summed E-state index contributed by atoms with van der Waals surface area (Å²) in [6.45, 7) is 22.0. The van der Waals surface area contributed by atoms with E-state index in [1.807, 2.05) is 35.3 Å². The van der Waals surface area contributed by atoms with Crippen molar-refractivity contribution in [1.82, 2.24) is 4.98 Å². The topological polar surface area (TPSA) is 12.9 Å². The maximum Gasteiger partial charge on any atom is 0.0267 e. The van der Waals surface area contributed by atoms with Crippen LogP contribution in [-0.4, -0.2) is 22.1 Å². The van der Waals surface area contributed by atoms with Crippen molar-refractivity contribution in [3.05, 3.63) is 89.8 Å². The van der Waals surface area contributed by atoms with Gasteiger partial charge in [-0.05, 0) is 71.3 Å². The number of hydrogen-bond acceptors (Lipinski definition) is 1. The van der Waals surface area contributed by atoms with Crippen molar-refractivity contribution in [2.24, 2.45) is 0 Å². The van der Waals surface area contributed by atoms with Crippen molar-refractivity contribution in [3.8, 4) is 0 Å². The van der Waals surface area contributed by atoms with Gasteiger partial charge in [0.15, 0.2) is 0 Å². The van der Waals surface area contributed by atoms with Crippen molar-refractivity contribution >= 4 is 17.1 Å². The van der Waals surface area contributed by atoms with Gasteiger partial charge in [-0.15, -0.1) is 0 Å². The van der Waals surface area contributed by atoms with Gasteiger partial charge in [-0.2, -0.15) is 0 Å². The molecular weight excluding hydrogens is 533 g/mol. The Balaban J connectivity index is 0.000000384. The summed E-state index contributed by atoms with van der Waals surface area (Å²) in [5.41, 5.74) is 0. The molecule has 0 atom stereocenters. The predicted molar refractivity (Wildman–Crippen MR) is 119 cm³/mol. The van der Waals surface area contributed by atoms with Crippen LogP contribution in [0.15, 0.2) is 30.6 Å². The van der Waals surface area contributed by atoms with E-state index in [4.69, 9.17) is 0 Å². The third-order valence-electron chi connectivity index (χ3n) is 6.19. The number of pyridine rings is 1. The Kier molecular flexibility index (Phi) is 15.2. The van der Waals surface area contributed by atoms with Gasteiger partial charge in [0.2, 0.25) is 0 Å². The molecule has 0 N–H and O–H groups in total. The zero-order valence-electron chi connectivity index (χ0n) is 19.2. The largest absolute Gasteiger partial charge is 0.265 e. The molecule has 2 saturated carbocycles. The molecule has 1 nitrogen and oxygen atoms in total. The molecule has 2 aliphatic carbocycles. The Hall–Kier alpha value is 0.823. The third-order valence-corrected chi connectivity index (χ3v) is 6.19. The van der Waals surface area contributed by atoms with Gasteiger partial charge in [-0.1, -0.05) is 75.3 Å². The molecule has 0 aliphatic heterocycles. The zero-order valence-corrected chi connectivity index (χ0v) is 24.0. The van der Waals surface area contributed by atoms with E-state index >= 15 is 0 Å². The van der Waals surface area contributed by atoms with Crippen LogP contribution >= 0.6 is 0 Å². The van der Waals surface area contributed by atoms with E-state index in [0.717, 1.165) is 0 Å². The molecule has 0 unspecified atom stereocenters. The molecule has 3 rings (SSSR count).